The van der Waals surface area contributed by atoms with E-state index in [2.05, 4.69) is 5.32 Å². The maximum atomic E-state index is 12.7. The molecule has 1 aromatic carbocycles. The molecular weight excluding hydrogens is 372 g/mol. The first kappa shape index (κ1) is 20.7. The smallest absolute Gasteiger partial charge is 0.332 e. The number of amides is 1. The van der Waals surface area contributed by atoms with E-state index in [4.69, 9.17) is 4.74 Å². The Kier molecular flexibility index (Phi) is 6.41. The minimum absolute atomic E-state index is 0.0215. The Morgan fingerprint density at radius 2 is 2.07 bits per heavy atom. The zero-order valence-corrected chi connectivity index (χ0v) is 17.2. The summed E-state index contributed by atoms with van der Waals surface area (Å²) in [5.74, 6) is 1.13. The number of nitrogens with one attached hydrogen (secondary N) is 1. The summed E-state index contributed by atoms with van der Waals surface area (Å²) in [6, 6.07) is 9.08. The lowest BCUT2D eigenvalue weighted by molar-refractivity contribution is -0.125. The second-order valence-corrected chi connectivity index (χ2v) is 7.28. The average Bonchev–Trinajstić information content (AvgIpc) is 2.75. The number of carbonyl (C=O) groups excluding carboxylic acids is 1. The molecular formula is C21H28N4O4. The number of benzene rings is 1. The zero-order chi connectivity index (χ0) is 21.0. The third-order valence-electron chi connectivity index (χ3n) is 5.41. The normalized spacial score (nSPS) is 16.5. The standard InChI is InChI=1S/C21H28N4O4/c1-4-25-18(12-19(26)23(2)21(25)28)24-10-6-8-16(14-24)20(27)22-13-15-7-5-9-17(11-15)29-3/h5,7,9,11-12,16H,4,6,8,10,13-14H2,1-3H3,(H,22,27)/t16-/m0/s1. The first-order chi connectivity index (χ1) is 13.9. The van der Waals surface area contributed by atoms with Crippen LogP contribution in [0.3, 0.4) is 0 Å². The molecule has 1 amide bonds. The van der Waals surface area contributed by atoms with Gasteiger partial charge in [0.25, 0.3) is 5.56 Å². The molecule has 0 saturated carbocycles. The summed E-state index contributed by atoms with van der Waals surface area (Å²) < 4.78 is 7.90. The predicted molar refractivity (Wildman–Crippen MR) is 111 cm³/mol. The van der Waals surface area contributed by atoms with Gasteiger partial charge in [0.05, 0.1) is 13.0 Å². The molecule has 1 aromatic heterocycles. The highest BCUT2D eigenvalue weighted by Gasteiger charge is 2.27. The highest BCUT2D eigenvalue weighted by atomic mass is 16.5. The average molecular weight is 400 g/mol. The summed E-state index contributed by atoms with van der Waals surface area (Å²) in [6.45, 7) is 3.96. The third kappa shape index (κ3) is 4.52. The van der Waals surface area contributed by atoms with Gasteiger partial charge < -0.3 is 15.0 Å². The van der Waals surface area contributed by atoms with Crippen LogP contribution >= 0.6 is 0 Å². The van der Waals surface area contributed by atoms with Crippen molar-refractivity contribution in [1.29, 1.82) is 0 Å². The molecule has 1 saturated heterocycles. The Hall–Kier alpha value is -3.03. The molecule has 0 aliphatic carbocycles. The fraction of sp³-hybridized carbons (Fsp3) is 0.476. The van der Waals surface area contributed by atoms with Gasteiger partial charge in [0.2, 0.25) is 5.91 Å². The van der Waals surface area contributed by atoms with Gasteiger partial charge in [-0.15, -0.1) is 0 Å². The van der Waals surface area contributed by atoms with E-state index in [1.54, 1.807) is 11.7 Å². The van der Waals surface area contributed by atoms with Crippen molar-refractivity contribution in [1.82, 2.24) is 14.5 Å². The van der Waals surface area contributed by atoms with Crippen molar-refractivity contribution in [2.75, 3.05) is 25.1 Å². The van der Waals surface area contributed by atoms with E-state index in [1.165, 1.54) is 13.1 Å². The number of hydrogen-bond donors (Lipinski definition) is 1. The molecule has 3 rings (SSSR count). The quantitative estimate of drug-likeness (QED) is 0.785. The van der Waals surface area contributed by atoms with Gasteiger partial charge in [-0.3, -0.25) is 18.7 Å². The lowest BCUT2D eigenvalue weighted by atomic mass is 9.97. The molecule has 1 aliphatic rings. The van der Waals surface area contributed by atoms with Crippen molar-refractivity contribution in [3.8, 4) is 5.75 Å². The first-order valence-corrected chi connectivity index (χ1v) is 9.91. The van der Waals surface area contributed by atoms with Gasteiger partial charge >= 0.3 is 5.69 Å². The number of anilines is 1. The van der Waals surface area contributed by atoms with Crippen molar-refractivity contribution in [3.63, 3.8) is 0 Å². The number of ether oxygens (including phenoxy) is 1. The highest BCUT2D eigenvalue weighted by molar-refractivity contribution is 5.79. The molecule has 1 fully saturated rings. The maximum absolute atomic E-state index is 12.7. The Labute approximate surface area is 169 Å². The van der Waals surface area contributed by atoms with Gasteiger partial charge in [-0.25, -0.2) is 4.79 Å². The number of nitrogens with zero attached hydrogens (tertiary/aromatic N) is 3. The summed E-state index contributed by atoms with van der Waals surface area (Å²) in [5, 5.41) is 3.00. The fourth-order valence-corrected chi connectivity index (χ4v) is 3.73. The summed E-state index contributed by atoms with van der Waals surface area (Å²) in [5.41, 5.74) is 0.302. The number of rotatable bonds is 6. The fourth-order valence-electron chi connectivity index (χ4n) is 3.73. The molecule has 8 heteroatoms. The van der Waals surface area contributed by atoms with E-state index in [0.717, 1.165) is 28.7 Å². The van der Waals surface area contributed by atoms with Crippen LogP contribution < -0.4 is 26.2 Å². The van der Waals surface area contributed by atoms with Crippen LogP contribution in [-0.2, 0) is 24.9 Å². The van der Waals surface area contributed by atoms with E-state index in [1.807, 2.05) is 36.1 Å². The summed E-state index contributed by atoms with van der Waals surface area (Å²) in [6.07, 6.45) is 1.60. The molecule has 0 unspecified atom stereocenters. The maximum Gasteiger partial charge on any atom is 0.332 e. The van der Waals surface area contributed by atoms with Crippen molar-refractivity contribution in [3.05, 3.63) is 56.7 Å². The minimum Gasteiger partial charge on any atom is -0.497 e. The van der Waals surface area contributed by atoms with Gasteiger partial charge in [0, 0.05) is 39.3 Å². The van der Waals surface area contributed by atoms with Crippen LogP contribution in [0.2, 0.25) is 0 Å². The Balaban J connectivity index is 1.71. The van der Waals surface area contributed by atoms with E-state index in [-0.39, 0.29) is 23.1 Å². The van der Waals surface area contributed by atoms with Crippen LogP contribution in [0, 0.1) is 5.92 Å². The molecule has 2 heterocycles. The Bertz CT molecular complexity index is 995. The van der Waals surface area contributed by atoms with Gasteiger partial charge in [-0.2, -0.15) is 0 Å². The lowest BCUT2D eigenvalue weighted by Crippen LogP contribution is -2.47. The van der Waals surface area contributed by atoms with Crippen molar-refractivity contribution in [2.45, 2.75) is 32.9 Å². The molecule has 0 radical (unpaired) electrons. The molecule has 2 aromatic rings. The largest absolute Gasteiger partial charge is 0.497 e. The van der Waals surface area contributed by atoms with Gasteiger partial charge in [0.15, 0.2) is 0 Å². The SMILES string of the molecule is CCn1c(N2CCC[C@H](C(=O)NCc3cccc(OC)c3)C2)cc(=O)n(C)c1=O. The Morgan fingerprint density at radius 3 is 2.79 bits per heavy atom. The molecule has 0 spiro atoms. The van der Waals surface area contributed by atoms with Gasteiger partial charge in [-0.1, -0.05) is 12.1 Å². The highest BCUT2D eigenvalue weighted by Crippen LogP contribution is 2.22. The van der Waals surface area contributed by atoms with E-state index >= 15 is 0 Å². The lowest BCUT2D eigenvalue weighted by Gasteiger charge is -2.34. The second kappa shape index (κ2) is 8.98. The van der Waals surface area contributed by atoms with Crippen LogP contribution in [-0.4, -0.2) is 35.2 Å². The predicted octanol–water partition coefficient (Wildman–Crippen LogP) is 1.11. The Morgan fingerprint density at radius 1 is 1.28 bits per heavy atom. The van der Waals surface area contributed by atoms with E-state index in [9.17, 15) is 14.4 Å². The molecule has 8 nitrogen and oxygen atoms in total. The molecule has 29 heavy (non-hydrogen) atoms. The molecule has 0 bridgehead atoms. The number of methoxy groups -OCH3 is 1. The van der Waals surface area contributed by atoms with Crippen LogP contribution in [0.5, 0.6) is 5.75 Å². The topological polar surface area (TPSA) is 85.6 Å². The van der Waals surface area contributed by atoms with E-state index in [0.29, 0.717) is 32.0 Å². The van der Waals surface area contributed by atoms with Crippen LogP contribution in [0.4, 0.5) is 5.82 Å². The zero-order valence-electron chi connectivity index (χ0n) is 17.2. The van der Waals surface area contributed by atoms with Crippen LogP contribution in [0.1, 0.15) is 25.3 Å². The van der Waals surface area contributed by atoms with Crippen molar-refractivity contribution in [2.24, 2.45) is 13.0 Å². The number of aromatic nitrogens is 2. The summed E-state index contributed by atoms with van der Waals surface area (Å²) >= 11 is 0. The molecule has 1 N–H and O–H groups in total. The van der Waals surface area contributed by atoms with Gasteiger partial charge in [-0.05, 0) is 37.5 Å². The van der Waals surface area contributed by atoms with Crippen molar-refractivity contribution < 1.29 is 9.53 Å². The molecule has 1 aliphatic heterocycles. The van der Waals surface area contributed by atoms with E-state index < -0.39 is 0 Å². The number of carbonyl (C=O) groups is 1. The number of hydrogen-bond acceptors (Lipinski definition) is 5. The summed E-state index contributed by atoms with van der Waals surface area (Å²) in [7, 11) is 3.09. The third-order valence-corrected chi connectivity index (χ3v) is 5.41. The van der Waals surface area contributed by atoms with Crippen molar-refractivity contribution >= 4 is 11.7 Å². The number of piperidine rings is 1. The van der Waals surface area contributed by atoms with Crippen LogP contribution in [0.25, 0.3) is 0 Å². The van der Waals surface area contributed by atoms with Crippen LogP contribution in [0.15, 0.2) is 39.9 Å². The van der Waals surface area contributed by atoms with Gasteiger partial charge in [0.1, 0.15) is 11.6 Å². The molecule has 156 valence electrons. The molecule has 1 atom stereocenters. The minimum atomic E-state index is -0.334. The first-order valence-electron chi connectivity index (χ1n) is 9.91. The summed E-state index contributed by atoms with van der Waals surface area (Å²) in [4.78, 5) is 39.3. The monoisotopic (exact) mass is 400 g/mol. The second-order valence-electron chi connectivity index (χ2n) is 7.28.